The molecule has 0 nitrogen and oxygen atoms in total. The van der Waals surface area contributed by atoms with Crippen LogP contribution in [0.2, 0.25) is 0 Å². The average molecular weight is 265 g/mol. The fourth-order valence-electron chi connectivity index (χ4n) is 2.13. The minimum absolute atomic E-state index is 1.31. The van der Waals surface area contributed by atoms with E-state index in [1.165, 1.54) is 43.3 Å². The first-order chi connectivity index (χ1) is 9.22. The fourth-order valence-corrected chi connectivity index (χ4v) is 3.25. The van der Waals surface area contributed by atoms with Crippen molar-refractivity contribution in [3.05, 3.63) is 71.8 Å². The van der Waals surface area contributed by atoms with E-state index in [-0.39, 0.29) is 0 Å². The molecule has 0 atom stereocenters. The predicted molar refractivity (Wildman–Crippen MR) is 86.1 cm³/mol. The first-order valence-electron chi connectivity index (χ1n) is 6.50. The number of benzene rings is 2. The van der Waals surface area contributed by atoms with E-state index in [2.05, 4.69) is 74.5 Å². The molecule has 0 saturated carbocycles. The second-order valence-corrected chi connectivity index (χ2v) is 6.13. The Bertz CT molecular complexity index is 612. The minimum atomic E-state index is 1.31. The third-order valence-electron chi connectivity index (χ3n) is 3.33. The highest BCUT2D eigenvalue weighted by atomic mass is 32.1. The first kappa shape index (κ1) is 12.2. The summed E-state index contributed by atoms with van der Waals surface area (Å²) in [5, 5.41) is 0. The lowest BCUT2D eigenvalue weighted by Gasteiger charge is -1.95. The van der Waals surface area contributed by atoms with E-state index in [4.69, 9.17) is 0 Å². The highest BCUT2D eigenvalue weighted by Crippen LogP contribution is 2.34. The van der Waals surface area contributed by atoms with Gasteiger partial charge in [-0.1, -0.05) is 35.4 Å². The Balaban J connectivity index is 1.95. The molecule has 1 heterocycles. The molecule has 1 heteroatoms. The molecule has 0 unspecified atom stereocenters. The standard InChI is InChI=1S/C18H16S/c1-13-3-7-15(8-4-13)17-11-12-18(19-17)16-9-5-14(2)6-10-16/h3-12H,1-2H3/p+1. The Hall–Kier alpha value is -1.86. The molecule has 0 radical (unpaired) electrons. The van der Waals surface area contributed by atoms with Crippen LogP contribution >= 0.6 is 11.3 Å². The van der Waals surface area contributed by atoms with Crippen molar-refractivity contribution < 1.29 is 0 Å². The van der Waals surface area contributed by atoms with Crippen LogP contribution in [0.4, 0.5) is 0 Å². The summed E-state index contributed by atoms with van der Waals surface area (Å²) >= 11 is 1.31. The lowest BCUT2D eigenvalue weighted by atomic mass is 10.1. The quantitative estimate of drug-likeness (QED) is 0.542. The topological polar surface area (TPSA) is 0 Å². The van der Waals surface area contributed by atoms with E-state index in [0.29, 0.717) is 0 Å². The molecule has 3 aromatic rings. The molecule has 1 aromatic heterocycles. The van der Waals surface area contributed by atoms with E-state index in [9.17, 15) is 0 Å². The average Bonchev–Trinajstić information content (AvgIpc) is 2.90. The summed E-state index contributed by atoms with van der Waals surface area (Å²) in [4.78, 5) is 2.77. The molecule has 0 fully saturated rings. The van der Waals surface area contributed by atoms with E-state index < -0.39 is 0 Å². The lowest BCUT2D eigenvalue weighted by Crippen LogP contribution is -1.73. The van der Waals surface area contributed by atoms with E-state index in [1.54, 1.807) is 0 Å². The Kier molecular flexibility index (Phi) is 3.22. The summed E-state index contributed by atoms with van der Waals surface area (Å²) in [5.74, 6) is 0. The molecule has 0 aliphatic carbocycles. The summed E-state index contributed by atoms with van der Waals surface area (Å²) in [6.07, 6.45) is 0. The molecule has 3 rings (SSSR count). The van der Waals surface area contributed by atoms with Crippen LogP contribution in [0.5, 0.6) is 0 Å². The normalized spacial score (nSPS) is 10.6. The zero-order valence-corrected chi connectivity index (χ0v) is 12.1. The van der Waals surface area contributed by atoms with Gasteiger partial charge in [-0.3, -0.25) is 0 Å². The van der Waals surface area contributed by atoms with Crippen LogP contribution in [-0.4, -0.2) is 0 Å². The Morgan fingerprint density at radius 2 is 0.895 bits per heavy atom. The van der Waals surface area contributed by atoms with Crippen LogP contribution in [0.15, 0.2) is 60.7 Å². The van der Waals surface area contributed by atoms with Crippen molar-refractivity contribution in [3.8, 4) is 20.9 Å². The number of rotatable bonds is 2. The Morgan fingerprint density at radius 3 is 1.26 bits per heavy atom. The maximum atomic E-state index is 2.24. The van der Waals surface area contributed by atoms with Crippen molar-refractivity contribution in [1.82, 2.24) is 0 Å². The molecule has 0 saturated heterocycles. The van der Waals surface area contributed by atoms with Gasteiger partial charge in [0.2, 0.25) is 0 Å². The third kappa shape index (κ3) is 2.61. The first-order valence-corrected chi connectivity index (χ1v) is 7.40. The molecule has 94 valence electrons. The smallest absolute Gasteiger partial charge is 0.0585 e. The van der Waals surface area contributed by atoms with Crippen molar-refractivity contribution in [3.63, 3.8) is 0 Å². The highest BCUT2D eigenvalue weighted by Gasteiger charge is 2.12. The van der Waals surface area contributed by atoms with E-state index in [0.717, 1.165) is 0 Å². The minimum Gasteiger partial charge on any atom is -0.0585 e. The predicted octanol–water partition coefficient (Wildman–Crippen LogP) is 5.43. The summed E-state index contributed by atoms with van der Waals surface area (Å²) in [6.45, 7) is 4.25. The van der Waals surface area contributed by atoms with Gasteiger partial charge in [-0.15, -0.1) is 0 Å². The van der Waals surface area contributed by atoms with Crippen LogP contribution in [-0.2, 0) is 0 Å². The summed E-state index contributed by atoms with van der Waals surface area (Å²) in [6, 6.07) is 22.0. The van der Waals surface area contributed by atoms with Crippen LogP contribution in [0.1, 0.15) is 11.1 Å². The fraction of sp³-hybridized carbons (Fsp3) is 0.111. The molecule has 0 spiro atoms. The largest absolute Gasteiger partial charge is 0.178 e. The van der Waals surface area contributed by atoms with Gasteiger partial charge >= 0.3 is 0 Å². The molecule has 0 amide bonds. The molecule has 0 N–H and O–H groups in total. The highest BCUT2D eigenvalue weighted by molar-refractivity contribution is 7.18. The van der Waals surface area contributed by atoms with Gasteiger partial charge in [-0.05, 0) is 49.4 Å². The molecular weight excluding hydrogens is 248 g/mol. The lowest BCUT2D eigenvalue weighted by molar-refractivity contribution is 1.48. The van der Waals surface area contributed by atoms with E-state index in [1.807, 2.05) is 0 Å². The van der Waals surface area contributed by atoms with Crippen LogP contribution in [0, 0.1) is 13.8 Å². The van der Waals surface area contributed by atoms with Gasteiger partial charge in [0, 0.05) is 23.3 Å². The van der Waals surface area contributed by atoms with Gasteiger partial charge < -0.3 is 0 Å². The van der Waals surface area contributed by atoms with Crippen LogP contribution in [0.25, 0.3) is 20.9 Å². The molecule has 0 aliphatic rings. The molecule has 2 aromatic carbocycles. The van der Waals surface area contributed by atoms with Crippen molar-refractivity contribution in [2.75, 3.05) is 0 Å². The Labute approximate surface area is 118 Å². The van der Waals surface area contributed by atoms with Gasteiger partial charge in [-0.2, -0.15) is 0 Å². The molecule has 0 aliphatic heterocycles. The van der Waals surface area contributed by atoms with Gasteiger partial charge in [0.15, 0.2) is 9.75 Å². The summed E-state index contributed by atoms with van der Waals surface area (Å²) in [7, 11) is 0. The SMILES string of the molecule is Cc1ccc(-c2ccc(-c3ccc(C)cc3)[sH+]2)cc1. The number of thiophene rings is 1. The summed E-state index contributed by atoms with van der Waals surface area (Å²) in [5.41, 5.74) is 5.27. The monoisotopic (exact) mass is 265 g/mol. The summed E-state index contributed by atoms with van der Waals surface area (Å²) < 4.78 is 0. The van der Waals surface area contributed by atoms with Crippen molar-refractivity contribution in [2.45, 2.75) is 13.8 Å². The maximum Gasteiger partial charge on any atom is 0.178 e. The van der Waals surface area contributed by atoms with Gasteiger partial charge in [0.25, 0.3) is 0 Å². The molecular formula is C18H17S+. The molecule has 0 bridgehead atoms. The zero-order valence-electron chi connectivity index (χ0n) is 11.2. The van der Waals surface area contributed by atoms with Crippen molar-refractivity contribution >= 4 is 11.3 Å². The maximum absolute atomic E-state index is 2.24. The van der Waals surface area contributed by atoms with Gasteiger partial charge in [0.1, 0.15) is 0 Å². The van der Waals surface area contributed by atoms with Crippen molar-refractivity contribution in [1.29, 1.82) is 0 Å². The number of aryl methyl sites for hydroxylation is 2. The zero-order chi connectivity index (χ0) is 13.2. The molecule has 19 heavy (non-hydrogen) atoms. The van der Waals surface area contributed by atoms with Gasteiger partial charge in [0.05, 0.1) is 0 Å². The second-order valence-electron chi connectivity index (χ2n) is 4.95. The van der Waals surface area contributed by atoms with E-state index >= 15 is 0 Å². The Morgan fingerprint density at radius 1 is 0.526 bits per heavy atom. The van der Waals surface area contributed by atoms with Gasteiger partial charge in [-0.25, -0.2) is 0 Å². The number of hydrogen-bond acceptors (Lipinski definition) is 0. The third-order valence-corrected chi connectivity index (χ3v) is 4.63. The second kappa shape index (κ2) is 5.02. The van der Waals surface area contributed by atoms with Crippen molar-refractivity contribution in [2.24, 2.45) is 0 Å². The van der Waals surface area contributed by atoms with Crippen LogP contribution < -0.4 is 0 Å². The number of hydrogen-bond donors (Lipinski definition) is 0. The van der Waals surface area contributed by atoms with Crippen LogP contribution in [0.3, 0.4) is 0 Å².